The van der Waals surface area contributed by atoms with Crippen LogP contribution in [0.25, 0.3) is 10.9 Å². The summed E-state index contributed by atoms with van der Waals surface area (Å²) in [7, 11) is 0. The highest BCUT2D eigenvalue weighted by molar-refractivity contribution is 5.85. The predicted molar refractivity (Wildman–Crippen MR) is 147 cm³/mol. The number of halogens is 3. The Morgan fingerprint density at radius 1 is 1.10 bits per heavy atom. The fourth-order valence-corrected chi connectivity index (χ4v) is 5.49. The van der Waals surface area contributed by atoms with E-state index in [9.17, 15) is 9.18 Å². The van der Waals surface area contributed by atoms with Crippen LogP contribution in [0.15, 0.2) is 54.6 Å². The minimum atomic E-state index is -1.59. The minimum Gasteiger partial charge on any atom is -0.487 e. The lowest BCUT2D eigenvalue weighted by Crippen LogP contribution is -2.48. The number of aliphatic carboxylic acids is 1. The summed E-state index contributed by atoms with van der Waals surface area (Å²) in [4.78, 5) is 20.2. The number of hydrogen-bond donors (Lipinski definition) is 2. The molecule has 2 N–H and O–H groups in total. The van der Waals surface area contributed by atoms with Crippen molar-refractivity contribution in [2.45, 2.75) is 58.2 Å². The molecular weight excluding hydrogens is 535 g/mol. The monoisotopic (exact) mass is 567 g/mol. The summed E-state index contributed by atoms with van der Waals surface area (Å²) >= 11 is 0. The third-order valence-electron chi connectivity index (χ3n) is 7.13. The van der Waals surface area contributed by atoms with Crippen LogP contribution < -0.4 is 4.74 Å². The Bertz CT molecular complexity index is 1540. The van der Waals surface area contributed by atoms with Crippen molar-refractivity contribution in [1.29, 1.82) is 0 Å². The van der Waals surface area contributed by atoms with Crippen molar-refractivity contribution in [3.8, 4) is 5.75 Å². The van der Waals surface area contributed by atoms with Crippen molar-refractivity contribution in [1.82, 2.24) is 14.9 Å². The molecule has 0 fully saturated rings. The van der Waals surface area contributed by atoms with E-state index in [2.05, 4.69) is 9.97 Å². The molecule has 0 radical (unpaired) electrons. The van der Waals surface area contributed by atoms with Gasteiger partial charge in [0.1, 0.15) is 36.3 Å². The molecule has 0 amide bonds. The molecule has 10 heteroatoms. The molecule has 7 nitrogen and oxygen atoms in total. The molecule has 1 aliphatic rings. The van der Waals surface area contributed by atoms with Crippen LogP contribution in [0.1, 0.15) is 55.0 Å². The number of nitrogens with zero attached hydrogens (tertiary/aromatic N) is 2. The van der Waals surface area contributed by atoms with Crippen molar-refractivity contribution in [2.75, 3.05) is 13.2 Å². The van der Waals surface area contributed by atoms with E-state index in [1.165, 1.54) is 13.8 Å². The van der Waals surface area contributed by atoms with Gasteiger partial charge in [0.05, 0.1) is 24.0 Å². The van der Waals surface area contributed by atoms with Crippen LogP contribution in [-0.2, 0) is 29.2 Å². The number of aromatic amines is 1. The van der Waals surface area contributed by atoms with Gasteiger partial charge in [-0.1, -0.05) is 24.3 Å². The summed E-state index contributed by atoms with van der Waals surface area (Å²) in [6, 6.07) is 14.0. The molecule has 3 heterocycles. The van der Waals surface area contributed by atoms with Gasteiger partial charge < -0.3 is 19.6 Å². The number of carboxylic acids is 1. The Balaban J connectivity index is 1.44. The third-order valence-corrected chi connectivity index (χ3v) is 7.13. The second-order valence-corrected chi connectivity index (χ2v) is 11.0. The Morgan fingerprint density at radius 3 is 2.46 bits per heavy atom. The van der Waals surface area contributed by atoms with Gasteiger partial charge in [0, 0.05) is 46.9 Å². The molecule has 216 valence electrons. The molecule has 2 aromatic heterocycles. The lowest BCUT2D eigenvalue weighted by Gasteiger charge is -2.43. The largest absolute Gasteiger partial charge is 0.487 e. The van der Waals surface area contributed by atoms with Gasteiger partial charge in [0.15, 0.2) is 0 Å². The van der Waals surface area contributed by atoms with E-state index in [4.69, 9.17) is 14.6 Å². The first-order valence-corrected chi connectivity index (χ1v) is 13.4. The van der Waals surface area contributed by atoms with Gasteiger partial charge >= 0.3 is 5.97 Å². The molecule has 0 saturated carbocycles. The minimum absolute atomic E-state index is 0.000166. The third kappa shape index (κ3) is 6.39. The second kappa shape index (κ2) is 11.5. The van der Waals surface area contributed by atoms with E-state index in [1.807, 2.05) is 36.1 Å². The van der Waals surface area contributed by atoms with Crippen molar-refractivity contribution in [3.63, 3.8) is 0 Å². The molecule has 0 saturated heterocycles. The Morgan fingerprint density at radius 2 is 1.78 bits per heavy atom. The zero-order chi connectivity index (χ0) is 29.3. The van der Waals surface area contributed by atoms with Crippen LogP contribution in [0.5, 0.6) is 5.75 Å². The fraction of sp³-hybridized carbons (Fsp3) is 0.355. The lowest BCUT2D eigenvalue weighted by atomic mass is 9.87. The predicted octanol–water partition coefficient (Wildman–Crippen LogP) is 6.11. The van der Waals surface area contributed by atoms with Gasteiger partial charge in [-0.05, 0) is 51.0 Å². The normalized spacial score (nSPS) is 17.5. The highest BCUT2D eigenvalue weighted by Crippen LogP contribution is 2.43. The number of para-hydroxylation sites is 1. The first-order chi connectivity index (χ1) is 19.5. The number of pyridine rings is 1. The van der Waals surface area contributed by atoms with Crippen LogP contribution >= 0.6 is 0 Å². The Kier molecular flexibility index (Phi) is 8.06. The summed E-state index contributed by atoms with van der Waals surface area (Å²) in [6.45, 7) is 4.34. The van der Waals surface area contributed by atoms with Gasteiger partial charge in [-0.2, -0.15) is 0 Å². The number of nitrogens with one attached hydrogen (secondary N) is 1. The average molecular weight is 568 g/mol. The van der Waals surface area contributed by atoms with Crippen molar-refractivity contribution < 1.29 is 32.5 Å². The summed E-state index contributed by atoms with van der Waals surface area (Å²) in [5, 5.41) is 9.70. The van der Waals surface area contributed by atoms with E-state index in [1.54, 1.807) is 18.2 Å². The molecule has 0 unspecified atom stereocenters. The van der Waals surface area contributed by atoms with Crippen LogP contribution in [-0.4, -0.2) is 50.8 Å². The maximum atomic E-state index is 15.8. The van der Waals surface area contributed by atoms with Crippen LogP contribution in [0.4, 0.5) is 13.2 Å². The van der Waals surface area contributed by atoms with Gasteiger partial charge in [-0.3, -0.25) is 9.88 Å². The van der Waals surface area contributed by atoms with E-state index in [0.29, 0.717) is 23.5 Å². The van der Waals surface area contributed by atoms with Crippen LogP contribution in [0.2, 0.25) is 0 Å². The van der Waals surface area contributed by atoms with E-state index >= 15 is 8.78 Å². The second-order valence-electron chi connectivity index (χ2n) is 11.0. The van der Waals surface area contributed by atoms with Crippen LogP contribution in [0, 0.1) is 11.6 Å². The summed E-state index contributed by atoms with van der Waals surface area (Å²) in [5.41, 5.74) is 1.71. The molecule has 4 aromatic rings. The van der Waals surface area contributed by atoms with Crippen molar-refractivity contribution >= 4 is 16.9 Å². The quantitative estimate of drug-likeness (QED) is 0.241. The average Bonchev–Trinajstić information content (AvgIpc) is 3.26. The standard InChI is InChI=1S/C31H32F3N3O4/c1-18-11-23-22-9-4-5-10-26(22)36-29(23)30(37(18)17-31(2,3)34)28-24(32)12-21(13-25(28)33)41-15-20-8-6-7-19(35-20)14-40-16-27(38)39/h4-10,12-13,18,30,36H,11,14-17H2,1-3H3,(H,38,39)/t18-,30-/m1/s1. The Hall–Kier alpha value is -3.89. The number of fused-ring (bicyclic) bond motifs is 3. The first-order valence-electron chi connectivity index (χ1n) is 13.4. The van der Waals surface area contributed by atoms with E-state index < -0.39 is 35.9 Å². The smallest absolute Gasteiger partial charge is 0.329 e. The number of H-pyrrole nitrogens is 1. The number of benzene rings is 2. The maximum Gasteiger partial charge on any atom is 0.329 e. The number of alkyl halides is 1. The molecule has 0 bridgehead atoms. The highest BCUT2D eigenvalue weighted by atomic mass is 19.1. The van der Waals surface area contributed by atoms with Crippen molar-refractivity contribution in [2.24, 2.45) is 0 Å². The molecule has 41 heavy (non-hydrogen) atoms. The maximum absolute atomic E-state index is 15.8. The zero-order valence-corrected chi connectivity index (χ0v) is 23.1. The van der Waals surface area contributed by atoms with Crippen molar-refractivity contribution in [3.05, 3.63) is 94.4 Å². The molecule has 2 aromatic carbocycles. The van der Waals surface area contributed by atoms with Crippen LogP contribution in [0.3, 0.4) is 0 Å². The topological polar surface area (TPSA) is 87.7 Å². The number of hydrogen-bond acceptors (Lipinski definition) is 5. The Labute approximate surface area is 235 Å². The molecule has 1 aliphatic heterocycles. The zero-order valence-electron chi connectivity index (χ0n) is 23.1. The number of aromatic nitrogens is 2. The molecular formula is C31H32F3N3O4. The number of carbonyl (C=O) groups is 1. The molecule has 5 rings (SSSR count). The van der Waals surface area contributed by atoms with E-state index in [0.717, 1.165) is 28.6 Å². The van der Waals surface area contributed by atoms with Gasteiger partial charge in [0.2, 0.25) is 0 Å². The van der Waals surface area contributed by atoms with Gasteiger partial charge in [-0.25, -0.2) is 18.0 Å². The molecule has 2 atom stereocenters. The van der Waals surface area contributed by atoms with Gasteiger partial charge in [-0.15, -0.1) is 0 Å². The summed E-state index contributed by atoms with van der Waals surface area (Å²) < 4.78 is 57.4. The lowest BCUT2D eigenvalue weighted by molar-refractivity contribution is -0.142. The number of carboxylic acid groups (broad SMARTS) is 1. The summed E-state index contributed by atoms with van der Waals surface area (Å²) in [6.07, 6.45) is 0.615. The van der Waals surface area contributed by atoms with Gasteiger partial charge in [0.25, 0.3) is 0 Å². The van der Waals surface area contributed by atoms with E-state index in [-0.39, 0.29) is 37.1 Å². The number of rotatable bonds is 10. The summed E-state index contributed by atoms with van der Waals surface area (Å²) in [5.74, 6) is -2.70. The molecule has 0 aliphatic carbocycles. The SMILES string of the molecule is C[C@@H]1Cc2c([nH]c3ccccc23)[C@@H](c2c(F)cc(OCc3cccc(COCC(=O)O)n3)cc2F)N1CC(C)(C)F. The number of ether oxygens (including phenoxy) is 2. The fourth-order valence-electron chi connectivity index (χ4n) is 5.49. The molecule has 0 spiro atoms. The first kappa shape index (κ1) is 28.6. The highest BCUT2D eigenvalue weighted by Gasteiger charge is 2.41.